The molecule has 7 heteroatoms. The molecule has 29 heavy (non-hydrogen) atoms. The highest BCUT2D eigenvalue weighted by atomic mass is 16.5. The number of benzene rings is 2. The Bertz CT molecular complexity index is 1170. The van der Waals surface area contributed by atoms with Crippen LogP contribution < -0.4 is 20.7 Å². The van der Waals surface area contributed by atoms with Gasteiger partial charge >= 0.3 is 5.69 Å². The van der Waals surface area contributed by atoms with Crippen molar-refractivity contribution in [2.24, 2.45) is 0 Å². The zero-order chi connectivity index (χ0) is 20.8. The molecule has 0 fully saturated rings. The summed E-state index contributed by atoms with van der Waals surface area (Å²) >= 11 is 0. The first-order chi connectivity index (χ1) is 14.0. The second kappa shape index (κ2) is 8.79. The van der Waals surface area contributed by atoms with Crippen LogP contribution in [-0.2, 0) is 0 Å². The molecular formula is C22H20N2O5. The number of rotatable bonds is 6. The van der Waals surface area contributed by atoms with Crippen LogP contribution in [0.3, 0.4) is 0 Å². The number of hydrogen-bond donors (Lipinski definition) is 2. The van der Waals surface area contributed by atoms with Gasteiger partial charge in [-0.1, -0.05) is 48.6 Å². The molecule has 0 aliphatic carbocycles. The summed E-state index contributed by atoms with van der Waals surface area (Å²) in [5, 5.41) is 10.6. The van der Waals surface area contributed by atoms with Gasteiger partial charge in [-0.25, -0.2) is 9.36 Å². The third kappa shape index (κ3) is 4.30. The minimum absolute atomic E-state index is 0.0554. The van der Waals surface area contributed by atoms with Crippen LogP contribution in [0.25, 0.3) is 17.8 Å². The monoisotopic (exact) mass is 392 g/mol. The molecule has 1 heterocycles. The van der Waals surface area contributed by atoms with Gasteiger partial charge in [-0.05, 0) is 23.8 Å². The number of nitrogens with one attached hydrogen (secondary N) is 1. The quantitative estimate of drug-likeness (QED) is 0.629. The molecule has 3 aromatic rings. The summed E-state index contributed by atoms with van der Waals surface area (Å²) in [6.07, 6.45) is 6.62. The van der Waals surface area contributed by atoms with E-state index in [4.69, 9.17) is 9.47 Å². The molecule has 0 bridgehead atoms. The molecule has 0 aliphatic heterocycles. The van der Waals surface area contributed by atoms with Gasteiger partial charge in [0.15, 0.2) is 0 Å². The zero-order valence-corrected chi connectivity index (χ0v) is 16.0. The van der Waals surface area contributed by atoms with Gasteiger partial charge < -0.3 is 14.6 Å². The highest BCUT2D eigenvalue weighted by Crippen LogP contribution is 2.29. The highest BCUT2D eigenvalue weighted by Gasteiger charge is 2.17. The molecule has 1 aromatic heterocycles. The summed E-state index contributed by atoms with van der Waals surface area (Å²) in [5.74, 6) is 0.327. The van der Waals surface area contributed by atoms with Crippen molar-refractivity contribution in [2.75, 3.05) is 14.2 Å². The van der Waals surface area contributed by atoms with Crippen molar-refractivity contribution in [3.05, 3.63) is 92.6 Å². The van der Waals surface area contributed by atoms with E-state index < -0.39 is 17.1 Å². The molecule has 3 rings (SSSR count). The van der Waals surface area contributed by atoms with Crippen LogP contribution in [0.2, 0.25) is 0 Å². The van der Waals surface area contributed by atoms with E-state index in [1.807, 2.05) is 36.4 Å². The Hall–Kier alpha value is -4.00. The Morgan fingerprint density at radius 3 is 2.38 bits per heavy atom. The topological polar surface area (TPSA) is 93.5 Å². The molecule has 0 atom stereocenters. The second-order valence-corrected chi connectivity index (χ2v) is 6.00. The van der Waals surface area contributed by atoms with Crippen LogP contribution in [0.5, 0.6) is 17.4 Å². The predicted molar refractivity (Wildman–Crippen MR) is 112 cm³/mol. The van der Waals surface area contributed by atoms with E-state index in [0.29, 0.717) is 11.5 Å². The van der Waals surface area contributed by atoms with Crippen molar-refractivity contribution in [2.45, 2.75) is 0 Å². The fraction of sp³-hybridized carbons (Fsp3) is 0.0909. The lowest BCUT2D eigenvalue weighted by Gasteiger charge is -2.14. The van der Waals surface area contributed by atoms with Crippen LogP contribution in [0.15, 0.2) is 70.3 Å². The Balaban J connectivity index is 2.04. The summed E-state index contributed by atoms with van der Waals surface area (Å²) in [6.45, 7) is 0. The van der Waals surface area contributed by atoms with Gasteiger partial charge in [0.2, 0.25) is 5.88 Å². The molecule has 148 valence electrons. The molecule has 0 spiro atoms. The fourth-order valence-electron chi connectivity index (χ4n) is 2.76. The number of H-pyrrole nitrogens is 1. The molecule has 0 unspecified atom stereocenters. The van der Waals surface area contributed by atoms with Crippen molar-refractivity contribution in [3.63, 3.8) is 0 Å². The highest BCUT2D eigenvalue weighted by molar-refractivity contribution is 5.61. The third-order valence-electron chi connectivity index (χ3n) is 4.21. The Labute approximate surface area is 166 Å². The average Bonchev–Trinajstić information content (AvgIpc) is 2.73. The first-order valence-electron chi connectivity index (χ1n) is 8.75. The van der Waals surface area contributed by atoms with Gasteiger partial charge in [-0.15, -0.1) is 0 Å². The number of aromatic hydroxyl groups is 1. The molecule has 0 radical (unpaired) electrons. The Morgan fingerprint density at radius 2 is 1.69 bits per heavy atom. The van der Waals surface area contributed by atoms with E-state index in [2.05, 4.69) is 4.98 Å². The number of hydrogen-bond acceptors (Lipinski definition) is 5. The number of nitrogens with zero attached hydrogens (tertiary/aromatic N) is 1. The lowest BCUT2D eigenvalue weighted by Crippen LogP contribution is -2.30. The van der Waals surface area contributed by atoms with Crippen LogP contribution >= 0.6 is 0 Å². The first kappa shape index (κ1) is 19.8. The normalized spacial score (nSPS) is 11.2. The van der Waals surface area contributed by atoms with Crippen molar-refractivity contribution in [3.8, 4) is 23.1 Å². The van der Waals surface area contributed by atoms with E-state index in [1.54, 1.807) is 30.4 Å². The van der Waals surface area contributed by atoms with Crippen LogP contribution in [0, 0.1) is 0 Å². The zero-order valence-electron chi connectivity index (χ0n) is 16.0. The van der Waals surface area contributed by atoms with E-state index >= 15 is 0 Å². The summed E-state index contributed by atoms with van der Waals surface area (Å²) in [5.41, 5.74) is -0.279. The maximum atomic E-state index is 12.4. The summed E-state index contributed by atoms with van der Waals surface area (Å²) in [7, 11) is 2.94. The lowest BCUT2D eigenvalue weighted by molar-refractivity contribution is 0.387. The molecule has 0 amide bonds. The Morgan fingerprint density at radius 1 is 0.966 bits per heavy atom. The van der Waals surface area contributed by atoms with E-state index in [1.165, 1.54) is 20.3 Å². The maximum absolute atomic E-state index is 12.4. The standard InChI is InChI=1S/C22H20N2O5/c1-28-16-12-13-18(19(14-16)29-2)24-21(26)17(20(25)23-22(24)27)11-7-6-10-15-8-4-3-5-9-15/h3-14,26H,1-2H3,(H,23,25,27)/b10-6+,11-7?. The molecule has 0 saturated carbocycles. The van der Waals surface area contributed by atoms with E-state index in [-0.39, 0.29) is 11.3 Å². The third-order valence-corrected chi connectivity index (χ3v) is 4.21. The summed E-state index contributed by atoms with van der Waals surface area (Å²) in [4.78, 5) is 26.8. The van der Waals surface area contributed by atoms with Gasteiger partial charge in [0.25, 0.3) is 5.56 Å². The largest absolute Gasteiger partial charge is 0.497 e. The van der Waals surface area contributed by atoms with Crippen molar-refractivity contribution in [1.82, 2.24) is 9.55 Å². The van der Waals surface area contributed by atoms with Crippen molar-refractivity contribution in [1.29, 1.82) is 0 Å². The minimum Gasteiger partial charge on any atom is -0.497 e. The number of ether oxygens (including phenoxy) is 2. The van der Waals surface area contributed by atoms with Crippen LogP contribution in [0.1, 0.15) is 11.1 Å². The van der Waals surface area contributed by atoms with Gasteiger partial charge in [-0.3, -0.25) is 9.78 Å². The van der Waals surface area contributed by atoms with Crippen molar-refractivity contribution >= 4 is 12.2 Å². The van der Waals surface area contributed by atoms with Gasteiger partial charge in [0, 0.05) is 6.07 Å². The molecule has 7 nitrogen and oxygen atoms in total. The number of aromatic nitrogens is 2. The van der Waals surface area contributed by atoms with Gasteiger partial charge in [0.1, 0.15) is 17.1 Å². The smallest absolute Gasteiger partial charge is 0.335 e. The summed E-state index contributed by atoms with van der Waals surface area (Å²) < 4.78 is 11.4. The van der Waals surface area contributed by atoms with Crippen LogP contribution in [-0.4, -0.2) is 28.9 Å². The molecular weight excluding hydrogens is 372 g/mol. The molecule has 0 aliphatic rings. The van der Waals surface area contributed by atoms with E-state index in [9.17, 15) is 14.7 Å². The van der Waals surface area contributed by atoms with Gasteiger partial charge in [-0.2, -0.15) is 0 Å². The Kier molecular flexibility index (Phi) is 5.99. The molecule has 0 saturated heterocycles. The van der Waals surface area contributed by atoms with Crippen molar-refractivity contribution < 1.29 is 14.6 Å². The molecule has 2 N–H and O–H groups in total. The SMILES string of the molecule is COc1ccc(-n2c(O)c(C=C/C=C/c3ccccc3)c(=O)[nH]c2=O)c(OC)c1. The number of aromatic amines is 1. The predicted octanol–water partition coefficient (Wildman–Crippen LogP) is 2.98. The number of allylic oxidation sites excluding steroid dienone is 2. The lowest BCUT2D eigenvalue weighted by atomic mass is 10.2. The van der Waals surface area contributed by atoms with Gasteiger partial charge in [0.05, 0.1) is 19.9 Å². The summed E-state index contributed by atoms with van der Waals surface area (Å²) in [6, 6.07) is 14.4. The number of methoxy groups -OCH3 is 2. The molecule has 2 aromatic carbocycles. The van der Waals surface area contributed by atoms with Crippen LogP contribution in [0.4, 0.5) is 0 Å². The minimum atomic E-state index is -0.784. The average molecular weight is 392 g/mol. The maximum Gasteiger partial charge on any atom is 0.335 e. The fourth-order valence-corrected chi connectivity index (χ4v) is 2.76. The first-order valence-corrected chi connectivity index (χ1v) is 8.75. The second-order valence-electron chi connectivity index (χ2n) is 6.00. The van der Waals surface area contributed by atoms with E-state index in [0.717, 1.165) is 10.1 Å².